The van der Waals surface area contributed by atoms with E-state index >= 15 is 0 Å². The lowest BCUT2D eigenvalue weighted by Gasteiger charge is -2.36. The minimum Gasteiger partial charge on any atom is -0.310 e. The summed E-state index contributed by atoms with van der Waals surface area (Å²) in [7, 11) is 0. The van der Waals surface area contributed by atoms with Gasteiger partial charge in [-0.3, -0.25) is 0 Å². The van der Waals surface area contributed by atoms with Gasteiger partial charge in [-0.2, -0.15) is 0 Å². The van der Waals surface area contributed by atoms with Gasteiger partial charge in [0.05, 0.1) is 10.8 Å². The minimum atomic E-state index is -0.562. The van der Waals surface area contributed by atoms with Crippen LogP contribution in [0.25, 0.3) is 44.2 Å². The Morgan fingerprint density at radius 2 is 0.657 bits per heavy atom. The SMILES string of the molecule is c1ccc(N(c2ccc(-c3cccc4ccccc34)cc2)c2ccc3c(c2)-c2cc(C4(c5ccccc5)c5ccccc5-c5ccccc54)ccc2C3(c2ccccc2)c2ccccc2)cc1. The minimum absolute atomic E-state index is 0.534. The van der Waals surface area contributed by atoms with Crippen molar-refractivity contribution in [3.8, 4) is 33.4 Å². The van der Waals surface area contributed by atoms with Gasteiger partial charge in [0.2, 0.25) is 0 Å². The molecular weight excluding hydrogens is 807 g/mol. The molecule has 1 heteroatoms. The number of hydrogen-bond donors (Lipinski definition) is 0. The number of nitrogens with zero attached hydrogens (tertiary/aromatic N) is 1. The highest BCUT2D eigenvalue weighted by Gasteiger charge is 2.50. The molecule has 11 aromatic carbocycles. The van der Waals surface area contributed by atoms with Crippen LogP contribution in [-0.4, -0.2) is 0 Å². The van der Waals surface area contributed by atoms with Crippen molar-refractivity contribution in [3.05, 3.63) is 317 Å². The lowest BCUT2D eigenvalue weighted by atomic mass is 9.65. The quantitative estimate of drug-likeness (QED) is 0.147. The van der Waals surface area contributed by atoms with E-state index in [2.05, 4.69) is 278 Å². The molecule has 0 radical (unpaired) electrons. The fourth-order valence-corrected chi connectivity index (χ4v) is 11.9. The summed E-state index contributed by atoms with van der Waals surface area (Å²) in [5.74, 6) is 0. The van der Waals surface area contributed by atoms with E-state index in [0.29, 0.717) is 0 Å². The van der Waals surface area contributed by atoms with E-state index in [9.17, 15) is 0 Å². The van der Waals surface area contributed by atoms with Crippen LogP contribution < -0.4 is 4.90 Å². The second-order valence-electron chi connectivity index (χ2n) is 17.9. The number of rotatable bonds is 8. The average molecular weight is 852 g/mol. The molecule has 0 aromatic heterocycles. The number of fused-ring (bicyclic) bond motifs is 7. The fourth-order valence-electron chi connectivity index (χ4n) is 11.9. The van der Waals surface area contributed by atoms with Crippen LogP contribution in [0.1, 0.15) is 44.5 Å². The molecule has 0 saturated heterocycles. The van der Waals surface area contributed by atoms with Crippen LogP contribution in [0.2, 0.25) is 0 Å². The second-order valence-corrected chi connectivity index (χ2v) is 17.9. The molecule has 0 aliphatic heterocycles. The van der Waals surface area contributed by atoms with Crippen molar-refractivity contribution in [2.24, 2.45) is 0 Å². The first-order chi connectivity index (χ1) is 33.2. The molecule has 0 amide bonds. The van der Waals surface area contributed by atoms with E-state index in [1.807, 2.05) is 0 Å². The van der Waals surface area contributed by atoms with E-state index in [0.717, 1.165) is 17.1 Å². The Labute approximate surface area is 392 Å². The Hall–Kier alpha value is -8.52. The first kappa shape index (κ1) is 38.9. The predicted molar refractivity (Wildman–Crippen MR) is 279 cm³/mol. The van der Waals surface area contributed by atoms with Crippen molar-refractivity contribution in [2.75, 3.05) is 4.90 Å². The van der Waals surface area contributed by atoms with E-state index in [4.69, 9.17) is 0 Å². The molecule has 11 aromatic rings. The third kappa shape index (κ3) is 5.81. The molecule has 0 heterocycles. The van der Waals surface area contributed by atoms with Crippen molar-refractivity contribution < 1.29 is 0 Å². The zero-order chi connectivity index (χ0) is 44.4. The second kappa shape index (κ2) is 15.6. The van der Waals surface area contributed by atoms with E-state index < -0.39 is 10.8 Å². The Morgan fingerprint density at radius 3 is 1.27 bits per heavy atom. The van der Waals surface area contributed by atoms with E-state index in [1.165, 1.54) is 88.7 Å². The average Bonchev–Trinajstić information content (AvgIpc) is 3.88. The summed E-state index contributed by atoms with van der Waals surface area (Å²) in [5, 5.41) is 2.50. The van der Waals surface area contributed by atoms with E-state index in [-0.39, 0.29) is 0 Å². The van der Waals surface area contributed by atoms with Gasteiger partial charge in [0, 0.05) is 17.1 Å². The highest BCUT2D eigenvalue weighted by molar-refractivity contribution is 5.97. The Bertz CT molecular complexity index is 3520. The zero-order valence-electron chi connectivity index (χ0n) is 36.9. The fraction of sp³-hybridized carbons (Fsp3) is 0.0303. The zero-order valence-corrected chi connectivity index (χ0v) is 36.9. The molecule has 0 bridgehead atoms. The number of benzene rings is 11. The molecule has 2 aliphatic rings. The summed E-state index contributed by atoms with van der Waals surface area (Å²) in [6, 6.07) is 101. The molecule has 314 valence electrons. The number of hydrogen-bond acceptors (Lipinski definition) is 1. The first-order valence-corrected chi connectivity index (χ1v) is 23.3. The number of para-hydroxylation sites is 1. The molecule has 1 nitrogen and oxygen atoms in total. The summed E-state index contributed by atoms with van der Waals surface area (Å²) in [5.41, 5.74) is 19.9. The maximum Gasteiger partial charge on any atom is 0.0713 e. The van der Waals surface area contributed by atoms with Gasteiger partial charge in [0.15, 0.2) is 0 Å². The van der Waals surface area contributed by atoms with Crippen molar-refractivity contribution in [1.29, 1.82) is 0 Å². The van der Waals surface area contributed by atoms with Crippen molar-refractivity contribution in [2.45, 2.75) is 10.8 Å². The topological polar surface area (TPSA) is 3.24 Å². The largest absolute Gasteiger partial charge is 0.310 e. The smallest absolute Gasteiger partial charge is 0.0713 e. The van der Waals surface area contributed by atoms with Crippen LogP contribution in [0, 0.1) is 0 Å². The molecular formula is C66H45N. The van der Waals surface area contributed by atoms with Crippen LogP contribution in [0.4, 0.5) is 17.1 Å². The van der Waals surface area contributed by atoms with Crippen LogP contribution in [0.3, 0.4) is 0 Å². The molecule has 0 N–H and O–H groups in total. The Balaban J connectivity index is 1.07. The highest BCUT2D eigenvalue weighted by atomic mass is 15.1. The monoisotopic (exact) mass is 851 g/mol. The van der Waals surface area contributed by atoms with Gasteiger partial charge in [-0.25, -0.2) is 0 Å². The Morgan fingerprint density at radius 1 is 0.239 bits per heavy atom. The highest BCUT2D eigenvalue weighted by Crippen LogP contribution is 2.61. The Kier molecular flexibility index (Phi) is 9.05. The third-order valence-electron chi connectivity index (χ3n) is 14.6. The number of anilines is 3. The van der Waals surface area contributed by atoms with Gasteiger partial charge in [-0.05, 0) is 131 Å². The van der Waals surface area contributed by atoms with Gasteiger partial charge in [-0.15, -0.1) is 0 Å². The molecule has 67 heavy (non-hydrogen) atoms. The molecule has 2 aliphatic carbocycles. The van der Waals surface area contributed by atoms with Crippen molar-refractivity contribution in [3.63, 3.8) is 0 Å². The molecule has 0 fully saturated rings. The van der Waals surface area contributed by atoms with Gasteiger partial charge in [-0.1, -0.05) is 231 Å². The summed E-state index contributed by atoms with van der Waals surface area (Å²) in [4.78, 5) is 2.41. The van der Waals surface area contributed by atoms with Gasteiger partial charge < -0.3 is 4.90 Å². The third-order valence-corrected chi connectivity index (χ3v) is 14.6. The molecule has 0 unspecified atom stereocenters. The summed E-state index contributed by atoms with van der Waals surface area (Å²) in [6.07, 6.45) is 0. The lowest BCUT2D eigenvalue weighted by Crippen LogP contribution is -2.30. The molecule has 0 saturated carbocycles. The van der Waals surface area contributed by atoms with Crippen LogP contribution >= 0.6 is 0 Å². The standard InChI is InChI=1S/C66H45N/c1-5-22-48(23-6-1)65(49-24-7-2-8-25-49)63-42-38-51(66(50-26-9-3-10-27-50)61-34-17-15-31-57(61)58-32-16-18-35-62(58)66)44-59(63)60-45-54(41-43-64(60)65)67(52-28-11-4-12-29-52)53-39-36-47(37-40-53)56-33-19-21-46-20-13-14-30-55(46)56/h1-45H. The molecule has 0 spiro atoms. The van der Waals surface area contributed by atoms with Crippen molar-refractivity contribution >= 4 is 27.8 Å². The normalized spacial score (nSPS) is 13.6. The van der Waals surface area contributed by atoms with Crippen molar-refractivity contribution in [1.82, 2.24) is 0 Å². The predicted octanol–water partition coefficient (Wildman–Crippen LogP) is 16.7. The van der Waals surface area contributed by atoms with Crippen LogP contribution in [0.5, 0.6) is 0 Å². The first-order valence-electron chi connectivity index (χ1n) is 23.3. The van der Waals surface area contributed by atoms with Crippen LogP contribution in [0.15, 0.2) is 273 Å². The van der Waals surface area contributed by atoms with Gasteiger partial charge in [0.25, 0.3) is 0 Å². The maximum absolute atomic E-state index is 2.54. The summed E-state index contributed by atoms with van der Waals surface area (Å²) in [6.45, 7) is 0. The maximum atomic E-state index is 2.54. The summed E-state index contributed by atoms with van der Waals surface area (Å²) < 4.78 is 0. The van der Waals surface area contributed by atoms with Gasteiger partial charge in [0.1, 0.15) is 0 Å². The molecule has 0 atom stereocenters. The lowest BCUT2D eigenvalue weighted by molar-refractivity contribution is 0.754. The van der Waals surface area contributed by atoms with Crippen LogP contribution in [-0.2, 0) is 10.8 Å². The molecule has 13 rings (SSSR count). The van der Waals surface area contributed by atoms with Gasteiger partial charge >= 0.3 is 0 Å². The van der Waals surface area contributed by atoms with E-state index in [1.54, 1.807) is 0 Å². The summed E-state index contributed by atoms with van der Waals surface area (Å²) >= 11 is 0.